The molecule has 0 amide bonds. The monoisotopic (exact) mass is 487 g/mol. The van der Waals surface area contributed by atoms with E-state index in [0.717, 1.165) is 16.1 Å². The van der Waals surface area contributed by atoms with Crippen LogP contribution in [0.3, 0.4) is 0 Å². The Kier molecular flexibility index (Phi) is 4.60. The molecule has 7 rings (SSSR count). The smallest absolute Gasteiger partial charge is 0.185 e. The number of benzene rings is 4. The number of thioether (sulfide) groups is 1. The fraction of sp³-hybridized carbons (Fsp3) is 0.129. The summed E-state index contributed by atoms with van der Waals surface area (Å²) in [4.78, 5) is 46.3. The van der Waals surface area contributed by atoms with E-state index in [2.05, 4.69) is 4.90 Å². The Morgan fingerprint density at radius 3 is 1.92 bits per heavy atom. The van der Waals surface area contributed by atoms with Crippen LogP contribution in [-0.4, -0.2) is 28.8 Å². The van der Waals surface area contributed by atoms with Crippen LogP contribution in [0.25, 0.3) is 0 Å². The Labute approximate surface area is 213 Å². The van der Waals surface area contributed by atoms with Gasteiger partial charge in [-0.1, -0.05) is 109 Å². The van der Waals surface area contributed by atoms with Crippen molar-refractivity contribution in [2.75, 3.05) is 4.90 Å². The number of fused-ring (bicyclic) bond motifs is 5. The molecule has 0 bridgehead atoms. The fourth-order valence-corrected chi connectivity index (χ4v) is 7.93. The zero-order valence-electron chi connectivity index (χ0n) is 19.2. The van der Waals surface area contributed by atoms with E-state index in [4.69, 9.17) is 0 Å². The van der Waals surface area contributed by atoms with Gasteiger partial charge in [0.05, 0.1) is 5.69 Å². The predicted molar refractivity (Wildman–Crippen MR) is 140 cm³/mol. The van der Waals surface area contributed by atoms with E-state index in [0.29, 0.717) is 16.7 Å². The van der Waals surface area contributed by atoms with Gasteiger partial charge in [0.1, 0.15) is 16.8 Å². The molecule has 4 nitrogen and oxygen atoms in total. The van der Waals surface area contributed by atoms with Crippen molar-refractivity contribution in [1.29, 1.82) is 0 Å². The largest absolute Gasteiger partial charge is 0.346 e. The number of para-hydroxylation sites is 1. The molecule has 1 fully saturated rings. The van der Waals surface area contributed by atoms with Crippen LogP contribution < -0.4 is 4.90 Å². The molecule has 5 heteroatoms. The van der Waals surface area contributed by atoms with E-state index in [1.807, 2.05) is 84.9 Å². The van der Waals surface area contributed by atoms with Gasteiger partial charge < -0.3 is 4.90 Å². The normalized spacial score (nSPS) is 23.0. The van der Waals surface area contributed by atoms with Gasteiger partial charge in [0.25, 0.3) is 0 Å². The molecule has 3 aliphatic rings. The maximum absolute atomic E-state index is 14.4. The van der Waals surface area contributed by atoms with Gasteiger partial charge >= 0.3 is 0 Å². The molecule has 0 unspecified atom stereocenters. The molecule has 1 spiro atoms. The van der Waals surface area contributed by atoms with Crippen LogP contribution in [0.2, 0.25) is 0 Å². The Balaban J connectivity index is 1.54. The Hall–Kier alpha value is -3.96. The highest BCUT2D eigenvalue weighted by molar-refractivity contribution is 8.00. The molecule has 3 atom stereocenters. The van der Waals surface area contributed by atoms with Crippen LogP contribution in [0.1, 0.15) is 42.6 Å². The van der Waals surface area contributed by atoms with Gasteiger partial charge in [0.15, 0.2) is 17.3 Å². The van der Waals surface area contributed by atoms with Crippen molar-refractivity contribution in [2.45, 2.75) is 22.2 Å². The number of nitrogens with zero attached hydrogens (tertiary/aromatic N) is 1. The van der Waals surface area contributed by atoms with E-state index in [1.54, 1.807) is 24.3 Å². The lowest BCUT2D eigenvalue weighted by atomic mass is 9.67. The molecule has 0 saturated carbocycles. The third-order valence-electron chi connectivity index (χ3n) is 7.78. The molecule has 0 radical (unpaired) electrons. The van der Waals surface area contributed by atoms with Crippen molar-refractivity contribution in [3.63, 3.8) is 0 Å². The molecule has 2 heterocycles. The van der Waals surface area contributed by atoms with Gasteiger partial charge in [-0.25, -0.2) is 0 Å². The van der Waals surface area contributed by atoms with Crippen LogP contribution in [-0.2, 0) is 0 Å². The quantitative estimate of drug-likeness (QED) is 0.261. The van der Waals surface area contributed by atoms with Crippen LogP contribution in [0.15, 0.2) is 114 Å². The lowest BCUT2D eigenvalue weighted by Gasteiger charge is -2.32. The molecular formula is C31H21NO3S. The maximum atomic E-state index is 14.4. The summed E-state index contributed by atoms with van der Waals surface area (Å²) in [6.07, 6.45) is 0. The third kappa shape index (κ3) is 2.64. The highest BCUT2D eigenvalue weighted by Crippen LogP contribution is 2.66. The fourth-order valence-electron chi connectivity index (χ4n) is 6.34. The van der Waals surface area contributed by atoms with E-state index in [1.165, 1.54) is 11.8 Å². The van der Waals surface area contributed by atoms with Crippen LogP contribution in [0.5, 0.6) is 0 Å². The lowest BCUT2D eigenvalue weighted by molar-refractivity contribution is 0.0680. The van der Waals surface area contributed by atoms with E-state index in [-0.39, 0.29) is 17.3 Å². The number of ketones is 3. The first kappa shape index (κ1) is 21.3. The summed E-state index contributed by atoms with van der Waals surface area (Å²) in [5.74, 6) is -1.09. The Morgan fingerprint density at radius 1 is 0.694 bits per heavy atom. The van der Waals surface area contributed by atoms with Crippen molar-refractivity contribution in [2.24, 2.45) is 5.41 Å². The summed E-state index contributed by atoms with van der Waals surface area (Å²) in [7, 11) is 0. The third-order valence-corrected chi connectivity index (χ3v) is 9.20. The standard InChI is InChI=1S/C31H21NO3S/c33-27(20-13-5-2-6-14-20)26-25(19-11-3-1-4-12-19)31(28(34)21-15-7-8-16-22(21)29(31)35)30-32(26)23-17-9-10-18-24(23)36-30/h1-18,25-26,30H/t25-,26+,30+/m0/s1. The SMILES string of the molecule is O=C(c1ccccc1)[C@H]1[C@H](c2ccccc2)C2(C(=O)c3ccccc3C2=O)[C@H]2Sc3ccccc3N12. The second kappa shape index (κ2) is 7.77. The highest BCUT2D eigenvalue weighted by Gasteiger charge is 2.73. The first-order valence-electron chi connectivity index (χ1n) is 12.0. The summed E-state index contributed by atoms with van der Waals surface area (Å²) < 4.78 is 0. The van der Waals surface area contributed by atoms with Crippen LogP contribution in [0.4, 0.5) is 5.69 Å². The summed E-state index contributed by atoms with van der Waals surface area (Å²) in [6, 6.07) is 33.1. The first-order valence-corrected chi connectivity index (χ1v) is 12.9. The minimum Gasteiger partial charge on any atom is -0.346 e. The number of anilines is 1. The molecule has 1 aliphatic carbocycles. The van der Waals surface area contributed by atoms with Crippen molar-refractivity contribution < 1.29 is 14.4 Å². The van der Waals surface area contributed by atoms with Crippen molar-refractivity contribution >= 4 is 34.8 Å². The van der Waals surface area contributed by atoms with Gasteiger partial charge in [-0.2, -0.15) is 0 Å². The van der Waals surface area contributed by atoms with E-state index < -0.39 is 22.7 Å². The topological polar surface area (TPSA) is 54.5 Å². The van der Waals surface area contributed by atoms with Crippen molar-refractivity contribution in [1.82, 2.24) is 0 Å². The molecular weight excluding hydrogens is 466 g/mol. The molecule has 4 aromatic rings. The van der Waals surface area contributed by atoms with Crippen LogP contribution in [0, 0.1) is 5.41 Å². The van der Waals surface area contributed by atoms with Gasteiger partial charge in [0, 0.05) is 27.5 Å². The summed E-state index contributed by atoms with van der Waals surface area (Å²) in [5, 5.41) is -0.523. The molecule has 4 aromatic carbocycles. The van der Waals surface area contributed by atoms with E-state index >= 15 is 0 Å². The van der Waals surface area contributed by atoms with Crippen molar-refractivity contribution in [3.05, 3.63) is 131 Å². The average Bonchev–Trinajstić information content (AvgIpc) is 3.53. The summed E-state index contributed by atoms with van der Waals surface area (Å²) >= 11 is 1.53. The lowest BCUT2D eigenvalue weighted by Crippen LogP contribution is -2.45. The van der Waals surface area contributed by atoms with E-state index in [9.17, 15) is 14.4 Å². The number of hydrogen-bond donors (Lipinski definition) is 0. The molecule has 174 valence electrons. The van der Waals surface area contributed by atoms with Crippen molar-refractivity contribution in [3.8, 4) is 0 Å². The first-order chi connectivity index (χ1) is 17.6. The minimum atomic E-state index is -1.41. The molecule has 1 saturated heterocycles. The van der Waals surface area contributed by atoms with Gasteiger partial charge in [-0.15, -0.1) is 0 Å². The highest BCUT2D eigenvalue weighted by atomic mass is 32.2. The predicted octanol–water partition coefficient (Wildman–Crippen LogP) is 6.04. The minimum absolute atomic E-state index is 0.0832. The van der Waals surface area contributed by atoms with Gasteiger partial charge in [-0.3, -0.25) is 14.4 Å². The number of hydrogen-bond acceptors (Lipinski definition) is 5. The number of carbonyl (C=O) groups is 3. The zero-order valence-corrected chi connectivity index (χ0v) is 20.0. The second-order valence-electron chi connectivity index (χ2n) is 9.48. The average molecular weight is 488 g/mol. The second-order valence-corrected chi connectivity index (χ2v) is 10.6. The zero-order chi connectivity index (χ0) is 24.4. The molecule has 0 N–H and O–H groups in total. The van der Waals surface area contributed by atoms with Gasteiger partial charge in [-0.05, 0) is 17.7 Å². The maximum Gasteiger partial charge on any atom is 0.185 e. The number of rotatable bonds is 3. The Morgan fingerprint density at radius 2 is 1.25 bits per heavy atom. The number of carbonyl (C=O) groups excluding carboxylic acids is 3. The summed E-state index contributed by atoms with van der Waals surface area (Å²) in [5.41, 5.74) is 1.79. The summed E-state index contributed by atoms with van der Waals surface area (Å²) in [6.45, 7) is 0. The number of Topliss-reactive ketones (excluding diaryl/α,β-unsaturated/α-hetero) is 3. The molecule has 36 heavy (non-hydrogen) atoms. The molecule has 2 aliphatic heterocycles. The molecule has 0 aromatic heterocycles. The van der Waals surface area contributed by atoms with Crippen LogP contribution >= 0.6 is 11.8 Å². The Bertz CT molecular complexity index is 1510. The van der Waals surface area contributed by atoms with Gasteiger partial charge in [0.2, 0.25) is 0 Å².